The van der Waals surface area contributed by atoms with Crippen LogP contribution >= 0.6 is 0 Å². The van der Waals surface area contributed by atoms with Crippen molar-refractivity contribution in [3.8, 4) is 0 Å². The van der Waals surface area contributed by atoms with Crippen LogP contribution in [0.1, 0.15) is 33.1 Å². The second-order valence-electron chi connectivity index (χ2n) is 6.76. The van der Waals surface area contributed by atoms with Gasteiger partial charge in [-0.05, 0) is 31.1 Å². The highest BCUT2D eigenvalue weighted by Crippen LogP contribution is 2.32. The van der Waals surface area contributed by atoms with E-state index in [9.17, 15) is 4.79 Å². The van der Waals surface area contributed by atoms with Gasteiger partial charge >= 0.3 is 0 Å². The molecular weight excluding hydrogens is 238 g/mol. The number of hydrogen-bond donors (Lipinski definition) is 1. The van der Waals surface area contributed by atoms with Crippen LogP contribution in [0, 0.1) is 11.8 Å². The Balaban J connectivity index is 2.08. The third-order valence-electron chi connectivity index (χ3n) is 4.63. The molecule has 0 aromatic heterocycles. The molecule has 0 radical (unpaired) electrons. The van der Waals surface area contributed by atoms with E-state index in [0.29, 0.717) is 6.04 Å². The first-order chi connectivity index (χ1) is 8.99. The van der Waals surface area contributed by atoms with Crippen molar-refractivity contribution >= 4 is 5.91 Å². The molecule has 3 unspecified atom stereocenters. The van der Waals surface area contributed by atoms with E-state index in [-0.39, 0.29) is 11.9 Å². The number of amides is 1. The summed E-state index contributed by atoms with van der Waals surface area (Å²) >= 11 is 0. The van der Waals surface area contributed by atoms with E-state index in [0.717, 1.165) is 31.5 Å². The Morgan fingerprint density at radius 1 is 1.16 bits per heavy atom. The van der Waals surface area contributed by atoms with Crippen molar-refractivity contribution in [2.45, 2.75) is 45.2 Å². The third-order valence-corrected chi connectivity index (χ3v) is 4.63. The number of likely N-dealkylation sites (N-methyl/N-ethyl adjacent to an activating group) is 1. The monoisotopic (exact) mass is 267 g/mol. The van der Waals surface area contributed by atoms with Crippen molar-refractivity contribution in [2.24, 2.45) is 11.8 Å². The average Bonchev–Trinajstić information content (AvgIpc) is 2.36. The second kappa shape index (κ2) is 6.23. The molecule has 2 aliphatic rings. The maximum Gasteiger partial charge on any atom is 0.240 e. The minimum Gasteiger partial charge on any atom is -0.347 e. The van der Waals surface area contributed by atoms with Crippen LogP contribution in [-0.4, -0.2) is 61.5 Å². The predicted octanol–water partition coefficient (Wildman–Crippen LogP) is 1.17. The molecule has 1 N–H and O–H groups in total. The molecule has 1 heterocycles. The minimum atomic E-state index is 0.0336. The minimum absolute atomic E-state index is 0.0336. The molecule has 0 aromatic rings. The molecule has 0 spiro atoms. The van der Waals surface area contributed by atoms with Gasteiger partial charge in [0.05, 0.1) is 0 Å². The molecule has 4 heteroatoms. The van der Waals surface area contributed by atoms with Crippen molar-refractivity contribution in [1.82, 2.24) is 15.1 Å². The molecule has 0 bridgehead atoms. The van der Waals surface area contributed by atoms with Crippen molar-refractivity contribution in [1.29, 1.82) is 0 Å². The highest BCUT2D eigenvalue weighted by Gasteiger charge is 2.37. The summed E-state index contributed by atoms with van der Waals surface area (Å²) in [6.07, 6.45) is 3.85. The average molecular weight is 267 g/mol. The van der Waals surface area contributed by atoms with Crippen LogP contribution in [-0.2, 0) is 4.79 Å². The first kappa shape index (κ1) is 14.8. The van der Waals surface area contributed by atoms with Gasteiger partial charge in [0.15, 0.2) is 0 Å². The Hall–Kier alpha value is -0.610. The third kappa shape index (κ3) is 3.48. The number of piperazine rings is 1. The summed E-state index contributed by atoms with van der Waals surface area (Å²) in [5.74, 6) is 1.83. The number of hydrogen-bond acceptors (Lipinski definition) is 3. The molecule has 1 aliphatic heterocycles. The van der Waals surface area contributed by atoms with Gasteiger partial charge in [-0.15, -0.1) is 0 Å². The molecule has 1 aliphatic carbocycles. The Bertz CT molecular complexity index is 309. The number of carbonyl (C=O) groups is 1. The molecule has 19 heavy (non-hydrogen) atoms. The maximum absolute atomic E-state index is 12.4. The summed E-state index contributed by atoms with van der Waals surface area (Å²) in [6, 6.07) is 0.626. The van der Waals surface area contributed by atoms with Crippen molar-refractivity contribution < 1.29 is 4.79 Å². The van der Waals surface area contributed by atoms with Crippen LogP contribution < -0.4 is 5.32 Å². The number of carbonyl (C=O) groups excluding carboxylic acids is 1. The van der Waals surface area contributed by atoms with E-state index in [2.05, 4.69) is 24.1 Å². The Labute approximate surface area is 117 Å². The van der Waals surface area contributed by atoms with Crippen LogP contribution in [0.4, 0.5) is 0 Å². The highest BCUT2D eigenvalue weighted by molar-refractivity contribution is 5.81. The summed E-state index contributed by atoms with van der Waals surface area (Å²) in [5, 5.41) is 3.37. The Morgan fingerprint density at radius 2 is 1.79 bits per heavy atom. The molecule has 2 rings (SSSR count). The molecule has 1 saturated heterocycles. The van der Waals surface area contributed by atoms with Crippen molar-refractivity contribution in [3.63, 3.8) is 0 Å². The lowest BCUT2D eigenvalue weighted by atomic mass is 9.79. The zero-order chi connectivity index (χ0) is 14.0. The van der Waals surface area contributed by atoms with Crippen LogP contribution in [0.25, 0.3) is 0 Å². The molecule has 4 nitrogen and oxygen atoms in total. The largest absolute Gasteiger partial charge is 0.347 e. The first-order valence-electron chi connectivity index (χ1n) is 7.66. The van der Waals surface area contributed by atoms with Crippen LogP contribution in [0.15, 0.2) is 0 Å². The van der Waals surface area contributed by atoms with Crippen molar-refractivity contribution in [3.05, 3.63) is 0 Å². The van der Waals surface area contributed by atoms with E-state index in [4.69, 9.17) is 0 Å². The molecule has 3 atom stereocenters. The first-order valence-corrected chi connectivity index (χ1v) is 7.66. The van der Waals surface area contributed by atoms with E-state index in [1.54, 1.807) is 4.90 Å². The van der Waals surface area contributed by atoms with Gasteiger partial charge in [-0.3, -0.25) is 9.69 Å². The zero-order valence-electron chi connectivity index (χ0n) is 12.9. The molecule has 1 saturated carbocycles. The normalized spacial score (nSPS) is 37.1. The number of nitrogens with one attached hydrogen (secondary N) is 1. The van der Waals surface area contributed by atoms with Gasteiger partial charge in [-0.25, -0.2) is 0 Å². The quantitative estimate of drug-likeness (QED) is 0.816. The summed E-state index contributed by atoms with van der Waals surface area (Å²) < 4.78 is 0. The van der Waals surface area contributed by atoms with Gasteiger partial charge < -0.3 is 10.2 Å². The van der Waals surface area contributed by atoms with E-state index < -0.39 is 0 Å². The summed E-state index contributed by atoms with van der Waals surface area (Å²) in [5.41, 5.74) is 0. The molecule has 1 amide bonds. The zero-order valence-corrected chi connectivity index (χ0v) is 12.9. The topological polar surface area (TPSA) is 35.6 Å². The fourth-order valence-electron chi connectivity index (χ4n) is 3.86. The standard InChI is InChI=1S/C15H29N3O/c1-11-7-12(2)9-13(8-11)18-6-5-16-10-14(18)15(19)17(3)4/h11-14,16H,5-10H2,1-4H3. The van der Waals surface area contributed by atoms with Crippen LogP contribution in [0.5, 0.6) is 0 Å². The second-order valence-corrected chi connectivity index (χ2v) is 6.76. The number of nitrogens with zero attached hydrogens (tertiary/aromatic N) is 2. The molecule has 2 fully saturated rings. The lowest BCUT2D eigenvalue weighted by molar-refractivity contribution is -0.136. The van der Waals surface area contributed by atoms with Gasteiger partial charge in [-0.2, -0.15) is 0 Å². The predicted molar refractivity (Wildman–Crippen MR) is 78.0 cm³/mol. The lowest BCUT2D eigenvalue weighted by Crippen LogP contribution is -2.61. The van der Waals surface area contributed by atoms with Crippen LogP contribution in [0.3, 0.4) is 0 Å². The summed E-state index contributed by atoms with van der Waals surface area (Å²) in [7, 11) is 3.72. The Kier molecular flexibility index (Phi) is 4.85. The van der Waals surface area contributed by atoms with Gasteiger partial charge in [0.1, 0.15) is 6.04 Å². The van der Waals surface area contributed by atoms with Gasteiger partial charge in [0.25, 0.3) is 0 Å². The van der Waals surface area contributed by atoms with Crippen molar-refractivity contribution in [2.75, 3.05) is 33.7 Å². The van der Waals surface area contributed by atoms with E-state index >= 15 is 0 Å². The lowest BCUT2D eigenvalue weighted by Gasteiger charge is -2.45. The molecule has 110 valence electrons. The summed E-state index contributed by atoms with van der Waals surface area (Å²) in [4.78, 5) is 16.6. The fraction of sp³-hybridized carbons (Fsp3) is 0.933. The van der Waals surface area contributed by atoms with Gasteiger partial charge in [-0.1, -0.05) is 13.8 Å². The van der Waals surface area contributed by atoms with Gasteiger partial charge in [0.2, 0.25) is 5.91 Å². The van der Waals surface area contributed by atoms with Crippen LogP contribution in [0.2, 0.25) is 0 Å². The maximum atomic E-state index is 12.4. The number of rotatable bonds is 2. The fourth-order valence-corrected chi connectivity index (χ4v) is 3.86. The smallest absolute Gasteiger partial charge is 0.240 e. The van der Waals surface area contributed by atoms with Gasteiger partial charge in [0, 0.05) is 39.8 Å². The highest BCUT2D eigenvalue weighted by atomic mass is 16.2. The van der Waals surface area contributed by atoms with E-state index in [1.807, 2.05) is 14.1 Å². The summed E-state index contributed by atoms with van der Waals surface area (Å²) in [6.45, 7) is 7.53. The molecule has 0 aromatic carbocycles. The Morgan fingerprint density at radius 3 is 2.37 bits per heavy atom. The van der Waals surface area contributed by atoms with E-state index in [1.165, 1.54) is 19.3 Å². The molecular formula is C15H29N3O. The SMILES string of the molecule is CC1CC(C)CC(N2CCNCC2C(=O)N(C)C)C1.